The van der Waals surface area contributed by atoms with E-state index in [9.17, 15) is 0 Å². The van der Waals surface area contributed by atoms with Gasteiger partial charge in [-0.15, -0.1) is 0 Å². The lowest BCUT2D eigenvalue weighted by atomic mass is 9.48. The van der Waals surface area contributed by atoms with Gasteiger partial charge in [-0.25, -0.2) is 0 Å². The van der Waals surface area contributed by atoms with Crippen LogP contribution in [0.1, 0.15) is 60.8 Å². The lowest BCUT2D eigenvalue weighted by molar-refractivity contribution is -0.0189. The van der Waals surface area contributed by atoms with Gasteiger partial charge in [0.25, 0.3) is 0 Å². The first-order valence-corrected chi connectivity index (χ1v) is 11.9. The molecule has 167 valence electrons. The van der Waals surface area contributed by atoms with Gasteiger partial charge in [0.15, 0.2) is 6.79 Å². The second kappa shape index (κ2) is 9.30. The molecule has 6 rings (SSSR count). The Kier molecular flexibility index (Phi) is 6.26. The van der Waals surface area contributed by atoms with E-state index in [4.69, 9.17) is 14.2 Å². The normalized spacial score (nSPS) is 27.8. The number of benzene rings is 2. The minimum atomic E-state index is 0.240. The minimum absolute atomic E-state index is 0.240. The lowest BCUT2D eigenvalue weighted by Gasteiger charge is -2.57. The van der Waals surface area contributed by atoms with Crippen molar-refractivity contribution in [3.8, 4) is 17.6 Å². The average Bonchev–Trinajstić information content (AvgIpc) is 2.78. The summed E-state index contributed by atoms with van der Waals surface area (Å²) in [5, 5.41) is 0. The lowest BCUT2D eigenvalue weighted by Crippen LogP contribution is -2.48. The number of hydrogen-bond donors (Lipinski definition) is 0. The van der Waals surface area contributed by atoms with Gasteiger partial charge in [-0.2, -0.15) is 0 Å². The highest BCUT2D eigenvalue weighted by Crippen LogP contribution is 2.61. The molecule has 0 aliphatic heterocycles. The quantitative estimate of drug-likeness (QED) is 0.319. The molecule has 0 saturated heterocycles. The first-order valence-electron chi connectivity index (χ1n) is 11.9. The molecule has 3 heteroatoms. The minimum Gasteiger partial charge on any atom is -0.467 e. The Hall–Kier alpha value is -2.28. The second-order valence-electron chi connectivity index (χ2n) is 10.0. The van der Waals surface area contributed by atoms with Crippen LogP contribution in [0.4, 0.5) is 0 Å². The molecule has 2 aromatic rings. The molecule has 1 radical (unpaired) electrons. The summed E-state index contributed by atoms with van der Waals surface area (Å²) < 4.78 is 16.9. The van der Waals surface area contributed by atoms with Crippen LogP contribution in [0, 0.1) is 36.5 Å². The van der Waals surface area contributed by atoms with E-state index in [-0.39, 0.29) is 12.2 Å². The van der Waals surface area contributed by atoms with E-state index in [2.05, 4.69) is 37.0 Å². The summed E-state index contributed by atoms with van der Waals surface area (Å²) in [5.74, 6) is 10.3. The molecule has 4 saturated carbocycles. The number of rotatable bonds is 7. The monoisotopic (exact) mass is 429 g/mol. The molecule has 0 aromatic heterocycles. The van der Waals surface area contributed by atoms with Crippen molar-refractivity contribution in [2.24, 2.45) is 17.8 Å². The molecule has 4 fully saturated rings. The number of methoxy groups -OCH3 is 1. The van der Waals surface area contributed by atoms with Crippen LogP contribution in [-0.2, 0) is 14.9 Å². The predicted octanol–water partition coefficient (Wildman–Crippen LogP) is 5.74. The van der Waals surface area contributed by atoms with E-state index >= 15 is 0 Å². The molecule has 4 aliphatic carbocycles. The Bertz CT molecular complexity index is 960. The second-order valence-corrected chi connectivity index (χ2v) is 10.0. The molecular weight excluding hydrogens is 396 g/mol. The van der Waals surface area contributed by atoms with Crippen molar-refractivity contribution in [2.45, 2.75) is 43.9 Å². The first-order chi connectivity index (χ1) is 15.6. The van der Waals surface area contributed by atoms with Gasteiger partial charge in [0.1, 0.15) is 5.75 Å². The highest BCUT2D eigenvalue weighted by molar-refractivity contribution is 5.51. The Morgan fingerprint density at radius 1 is 0.875 bits per heavy atom. The third-order valence-electron chi connectivity index (χ3n) is 7.62. The van der Waals surface area contributed by atoms with E-state index < -0.39 is 0 Å². The Labute approximate surface area is 192 Å². The summed E-state index contributed by atoms with van der Waals surface area (Å²) in [5.41, 5.74) is 4.67. The largest absolute Gasteiger partial charge is 0.467 e. The van der Waals surface area contributed by atoms with Crippen molar-refractivity contribution in [1.29, 1.82) is 0 Å². The van der Waals surface area contributed by atoms with Crippen molar-refractivity contribution in [3.05, 3.63) is 71.6 Å². The Balaban J connectivity index is 1.43. The molecule has 0 spiro atoms. The highest BCUT2D eigenvalue weighted by Gasteiger charge is 2.52. The van der Waals surface area contributed by atoms with E-state index in [0.29, 0.717) is 13.2 Å². The fraction of sp³-hybridized carbons (Fsp3) is 0.483. The summed E-state index contributed by atoms with van der Waals surface area (Å²) in [6.45, 7) is 5.33. The first kappa shape index (κ1) is 21.6. The smallest absolute Gasteiger partial charge is 0.189 e. The zero-order chi connectivity index (χ0) is 22.0. The average molecular weight is 430 g/mol. The van der Waals surface area contributed by atoms with E-state index in [1.54, 1.807) is 7.11 Å². The number of ether oxygens (including phenoxy) is 3. The van der Waals surface area contributed by atoms with Crippen molar-refractivity contribution in [1.82, 2.24) is 0 Å². The van der Waals surface area contributed by atoms with Crippen molar-refractivity contribution >= 4 is 0 Å². The van der Waals surface area contributed by atoms with Crippen LogP contribution in [0.25, 0.3) is 0 Å². The molecule has 4 bridgehead atoms. The van der Waals surface area contributed by atoms with E-state index in [1.165, 1.54) is 44.1 Å². The van der Waals surface area contributed by atoms with Gasteiger partial charge in [0.2, 0.25) is 0 Å². The van der Waals surface area contributed by atoms with Gasteiger partial charge >= 0.3 is 0 Å². The molecule has 32 heavy (non-hydrogen) atoms. The van der Waals surface area contributed by atoms with Crippen LogP contribution >= 0.6 is 0 Å². The molecule has 0 unspecified atom stereocenters. The van der Waals surface area contributed by atoms with Crippen molar-refractivity contribution in [2.75, 3.05) is 27.1 Å². The van der Waals surface area contributed by atoms with Gasteiger partial charge in [-0.1, -0.05) is 24.0 Å². The standard InChI is InChI=1S/C29H33O3/c1-21-3-5-22(6-4-21)7-8-23-9-10-28(32-20-31-12-11-30-2)27(16-23)29-17-24-13-25(18-29)15-26(14-24)19-29/h3-6,9-10,16,24-26H,1,11-15,17-20H2,2H3. The maximum absolute atomic E-state index is 6.17. The summed E-state index contributed by atoms with van der Waals surface area (Å²) in [6.07, 6.45) is 8.16. The van der Waals surface area contributed by atoms with Crippen LogP contribution in [0.15, 0.2) is 42.5 Å². The molecule has 4 aliphatic rings. The molecule has 0 atom stereocenters. The van der Waals surface area contributed by atoms with Crippen LogP contribution in [0.5, 0.6) is 5.75 Å². The van der Waals surface area contributed by atoms with Gasteiger partial charge in [0.05, 0.1) is 13.2 Å². The molecule has 0 N–H and O–H groups in total. The van der Waals surface area contributed by atoms with E-state index in [1.807, 2.05) is 24.3 Å². The summed E-state index contributed by atoms with van der Waals surface area (Å²) in [4.78, 5) is 0. The van der Waals surface area contributed by atoms with E-state index in [0.717, 1.165) is 40.2 Å². The molecule has 0 heterocycles. The van der Waals surface area contributed by atoms with Crippen molar-refractivity contribution < 1.29 is 14.2 Å². The maximum atomic E-state index is 6.17. The molecule has 3 nitrogen and oxygen atoms in total. The topological polar surface area (TPSA) is 27.7 Å². The zero-order valence-electron chi connectivity index (χ0n) is 19.1. The van der Waals surface area contributed by atoms with Crippen molar-refractivity contribution in [3.63, 3.8) is 0 Å². The number of hydrogen-bond acceptors (Lipinski definition) is 3. The summed E-state index contributed by atoms with van der Waals surface area (Å²) in [7, 11) is 1.68. The summed E-state index contributed by atoms with van der Waals surface area (Å²) in [6, 6.07) is 14.6. The third kappa shape index (κ3) is 4.58. The fourth-order valence-electron chi connectivity index (χ4n) is 6.63. The van der Waals surface area contributed by atoms with Crippen LogP contribution in [0.3, 0.4) is 0 Å². The molecule has 2 aromatic carbocycles. The van der Waals surface area contributed by atoms with Gasteiger partial charge in [-0.3, -0.25) is 0 Å². The SMILES string of the molecule is [CH2]c1ccc(C#Cc2ccc(OCOCCOC)c(C34CC5CC(CC(C5)C3)C4)c2)cc1. The van der Waals surface area contributed by atoms with Crippen LogP contribution in [-0.4, -0.2) is 27.1 Å². The van der Waals surface area contributed by atoms with Gasteiger partial charge in [0, 0.05) is 23.8 Å². The van der Waals surface area contributed by atoms with Crippen LogP contribution < -0.4 is 4.74 Å². The third-order valence-corrected chi connectivity index (χ3v) is 7.62. The zero-order valence-corrected chi connectivity index (χ0v) is 19.1. The highest BCUT2D eigenvalue weighted by atomic mass is 16.7. The van der Waals surface area contributed by atoms with Crippen LogP contribution in [0.2, 0.25) is 0 Å². The van der Waals surface area contributed by atoms with Gasteiger partial charge in [-0.05, 0) is 105 Å². The fourth-order valence-corrected chi connectivity index (χ4v) is 6.63. The predicted molar refractivity (Wildman–Crippen MR) is 126 cm³/mol. The molecule has 0 amide bonds. The van der Waals surface area contributed by atoms with Gasteiger partial charge < -0.3 is 14.2 Å². The Morgan fingerprint density at radius 2 is 1.50 bits per heavy atom. The Morgan fingerprint density at radius 3 is 2.16 bits per heavy atom. The maximum Gasteiger partial charge on any atom is 0.189 e. The summed E-state index contributed by atoms with van der Waals surface area (Å²) >= 11 is 0. The molecular formula is C29H33O3.